The monoisotopic (exact) mass is 284 g/mol. The van der Waals surface area contributed by atoms with Gasteiger partial charge in [-0.25, -0.2) is 0 Å². The quantitative estimate of drug-likeness (QED) is 0.884. The number of nitrogens with one attached hydrogen (secondary N) is 1. The molecule has 1 saturated heterocycles. The van der Waals surface area contributed by atoms with Gasteiger partial charge in [0.25, 0.3) is 0 Å². The Morgan fingerprint density at radius 2 is 1.63 bits per heavy atom. The Labute approximate surface area is 114 Å². The predicted octanol–water partition coefficient (Wildman–Crippen LogP) is 1.71. The molecule has 0 atom stereocenters. The molecular weight excluding hydrogens is 264 g/mol. The Balaban J connectivity index is 2.06. The lowest BCUT2D eigenvalue weighted by atomic mass is 10.2. The highest BCUT2D eigenvalue weighted by Gasteiger charge is 2.22. The van der Waals surface area contributed by atoms with Gasteiger partial charge in [-0.2, -0.15) is 12.7 Å². The van der Waals surface area contributed by atoms with Crippen LogP contribution in [0.15, 0.2) is 24.3 Å². The molecule has 0 amide bonds. The summed E-state index contributed by atoms with van der Waals surface area (Å²) in [6.07, 6.45) is 4.03. The van der Waals surface area contributed by atoms with Gasteiger partial charge in [0, 0.05) is 18.8 Å². The van der Waals surface area contributed by atoms with E-state index in [9.17, 15) is 8.42 Å². The van der Waals surface area contributed by atoms with Crippen LogP contribution in [0.2, 0.25) is 0 Å². The molecule has 0 aromatic heterocycles. The minimum absolute atomic E-state index is 0.0425. The van der Waals surface area contributed by atoms with Crippen molar-refractivity contribution < 1.29 is 13.5 Å². The number of rotatable bonds is 4. The van der Waals surface area contributed by atoms with Crippen molar-refractivity contribution in [1.29, 1.82) is 0 Å². The van der Waals surface area contributed by atoms with Crippen LogP contribution in [0.25, 0.3) is 0 Å². The summed E-state index contributed by atoms with van der Waals surface area (Å²) in [6, 6.07) is 6.75. The molecule has 6 heteroatoms. The number of benzene rings is 1. The molecule has 106 valence electrons. The number of anilines is 1. The number of aliphatic hydroxyl groups is 1. The summed E-state index contributed by atoms with van der Waals surface area (Å²) >= 11 is 0. The third-order valence-electron chi connectivity index (χ3n) is 3.29. The first-order valence-electron chi connectivity index (χ1n) is 6.59. The number of hydrogen-bond acceptors (Lipinski definition) is 3. The maximum atomic E-state index is 12.2. The second-order valence-corrected chi connectivity index (χ2v) is 6.45. The largest absolute Gasteiger partial charge is 0.392 e. The Bertz CT molecular complexity index is 491. The molecule has 1 aromatic rings. The first kappa shape index (κ1) is 14.3. The molecular formula is C13H20N2O3S. The van der Waals surface area contributed by atoms with E-state index in [2.05, 4.69) is 4.72 Å². The average Bonchev–Trinajstić information content (AvgIpc) is 2.68. The van der Waals surface area contributed by atoms with Crippen molar-refractivity contribution in [3.05, 3.63) is 29.8 Å². The first-order valence-corrected chi connectivity index (χ1v) is 8.03. The zero-order valence-corrected chi connectivity index (χ0v) is 11.7. The molecule has 1 heterocycles. The smallest absolute Gasteiger partial charge is 0.301 e. The lowest BCUT2D eigenvalue weighted by Crippen LogP contribution is -2.36. The second kappa shape index (κ2) is 6.36. The molecule has 1 fully saturated rings. The number of hydrogen-bond donors (Lipinski definition) is 2. The molecule has 0 bridgehead atoms. The topological polar surface area (TPSA) is 69.6 Å². The third kappa shape index (κ3) is 3.92. The SMILES string of the molecule is O=S(=O)(Nc1ccc(CO)cc1)N1CCCCCC1. The van der Waals surface area contributed by atoms with E-state index >= 15 is 0 Å². The molecule has 2 N–H and O–H groups in total. The standard InChI is InChI=1S/C13H20N2O3S/c16-11-12-5-7-13(8-6-12)14-19(17,18)15-9-3-1-2-4-10-15/h5-8,14,16H,1-4,9-11H2. The van der Waals surface area contributed by atoms with Crippen LogP contribution in [-0.2, 0) is 16.8 Å². The van der Waals surface area contributed by atoms with Crippen LogP contribution in [0.4, 0.5) is 5.69 Å². The van der Waals surface area contributed by atoms with Crippen LogP contribution >= 0.6 is 0 Å². The summed E-state index contributed by atoms with van der Waals surface area (Å²) in [6.45, 7) is 1.13. The zero-order chi connectivity index (χ0) is 13.7. The molecule has 2 rings (SSSR count). The Morgan fingerprint density at radius 3 is 2.16 bits per heavy atom. The van der Waals surface area contributed by atoms with E-state index in [0.29, 0.717) is 18.8 Å². The molecule has 0 saturated carbocycles. The minimum atomic E-state index is -3.46. The summed E-state index contributed by atoms with van der Waals surface area (Å²) in [5, 5.41) is 8.95. The first-order chi connectivity index (χ1) is 9.12. The highest BCUT2D eigenvalue weighted by Crippen LogP contribution is 2.17. The van der Waals surface area contributed by atoms with Crippen molar-refractivity contribution in [2.24, 2.45) is 0 Å². The van der Waals surface area contributed by atoms with Gasteiger partial charge in [-0.1, -0.05) is 25.0 Å². The van der Waals surface area contributed by atoms with Crippen LogP contribution in [0, 0.1) is 0 Å². The average molecular weight is 284 g/mol. The lowest BCUT2D eigenvalue weighted by molar-refractivity contribution is 0.282. The van der Waals surface area contributed by atoms with Gasteiger partial charge in [0.2, 0.25) is 0 Å². The fourth-order valence-electron chi connectivity index (χ4n) is 2.17. The van der Waals surface area contributed by atoms with Crippen molar-refractivity contribution in [2.45, 2.75) is 32.3 Å². The van der Waals surface area contributed by atoms with Crippen LogP contribution in [0.5, 0.6) is 0 Å². The van der Waals surface area contributed by atoms with Gasteiger partial charge in [0.05, 0.1) is 6.61 Å². The van der Waals surface area contributed by atoms with E-state index in [1.54, 1.807) is 24.3 Å². The number of nitrogens with zero attached hydrogens (tertiary/aromatic N) is 1. The van der Waals surface area contributed by atoms with Crippen LogP contribution in [0.1, 0.15) is 31.2 Å². The van der Waals surface area contributed by atoms with Gasteiger partial charge in [0.15, 0.2) is 0 Å². The van der Waals surface area contributed by atoms with E-state index in [1.807, 2.05) is 0 Å². The lowest BCUT2D eigenvalue weighted by Gasteiger charge is -2.20. The van der Waals surface area contributed by atoms with Gasteiger partial charge < -0.3 is 5.11 Å². The van der Waals surface area contributed by atoms with E-state index < -0.39 is 10.2 Å². The van der Waals surface area contributed by atoms with Gasteiger partial charge >= 0.3 is 10.2 Å². The van der Waals surface area contributed by atoms with Crippen molar-refractivity contribution in [2.75, 3.05) is 17.8 Å². The summed E-state index contributed by atoms with van der Waals surface area (Å²) in [5.41, 5.74) is 1.29. The zero-order valence-electron chi connectivity index (χ0n) is 10.9. The van der Waals surface area contributed by atoms with Crippen LogP contribution in [-0.4, -0.2) is 30.9 Å². The van der Waals surface area contributed by atoms with Gasteiger partial charge in [0.1, 0.15) is 0 Å². The Morgan fingerprint density at radius 1 is 1.05 bits per heavy atom. The fourth-order valence-corrected chi connectivity index (χ4v) is 3.48. The molecule has 5 nitrogen and oxygen atoms in total. The van der Waals surface area contributed by atoms with Crippen molar-refractivity contribution in [3.63, 3.8) is 0 Å². The predicted molar refractivity (Wildman–Crippen MR) is 74.9 cm³/mol. The molecule has 1 aromatic carbocycles. The second-order valence-electron chi connectivity index (χ2n) is 4.78. The van der Waals surface area contributed by atoms with Gasteiger partial charge in [-0.3, -0.25) is 4.72 Å². The normalized spacial score (nSPS) is 17.9. The highest BCUT2D eigenvalue weighted by atomic mass is 32.2. The molecule has 0 spiro atoms. The Kier molecular flexibility index (Phi) is 4.79. The van der Waals surface area contributed by atoms with Gasteiger partial charge in [-0.15, -0.1) is 0 Å². The van der Waals surface area contributed by atoms with Crippen molar-refractivity contribution in [1.82, 2.24) is 4.31 Å². The minimum Gasteiger partial charge on any atom is -0.392 e. The molecule has 1 aliphatic rings. The van der Waals surface area contributed by atoms with E-state index in [-0.39, 0.29) is 6.61 Å². The molecule has 0 unspecified atom stereocenters. The summed E-state index contributed by atoms with van der Waals surface area (Å²) in [5.74, 6) is 0. The van der Waals surface area contributed by atoms with Crippen LogP contribution < -0.4 is 4.72 Å². The molecule has 0 radical (unpaired) electrons. The third-order valence-corrected chi connectivity index (χ3v) is 4.83. The molecule has 0 aliphatic carbocycles. The summed E-state index contributed by atoms with van der Waals surface area (Å²) < 4.78 is 28.6. The fraction of sp³-hybridized carbons (Fsp3) is 0.538. The van der Waals surface area contributed by atoms with Gasteiger partial charge in [-0.05, 0) is 30.5 Å². The van der Waals surface area contributed by atoms with E-state index in [4.69, 9.17) is 5.11 Å². The Hall–Kier alpha value is -1.11. The molecule has 19 heavy (non-hydrogen) atoms. The molecule has 1 aliphatic heterocycles. The van der Waals surface area contributed by atoms with Crippen molar-refractivity contribution >= 4 is 15.9 Å². The maximum absolute atomic E-state index is 12.2. The summed E-state index contributed by atoms with van der Waals surface area (Å²) in [4.78, 5) is 0. The van der Waals surface area contributed by atoms with E-state index in [1.165, 1.54) is 4.31 Å². The summed E-state index contributed by atoms with van der Waals surface area (Å²) in [7, 11) is -3.46. The van der Waals surface area contributed by atoms with E-state index in [0.717, 1.165) is 31.2 Å². The van der Waals surface area contributed by atoms with Crippen LogP contribution in [0.3, 0.4) is 0 Å². The highest BCUT2D eigenvalue weighted by molar-refractivity contribution is 7.90. The van der Waals surface area contributed by atoms with Crippen molar-refractivity contribution in [3.8, 4) is 0 Å². The maximum Gasteiger partial charge on any atom is 0.301 e. The number of aliphatic hydroxyl groups excluding tert-OH is 1.